The molecule has 1 aromatic carbocycles. The Labute approximate surface area is 170 Å². The molecule has 152 valence electrons. The number of anilines is 1. The number of sulfonamides is 1. The molecule has 1 aromatic heterocycles. The van der Waals surface area contributed by atoms with E-state index < -0.39 is 10.0 Å². The van der Waals surface area contributed by atoms with E-state index in [9.17, 15) is 8.42 Å². The third kappa shape index (κ3) is 4.01. The van der Waals surface area contributed by atoms with Crippen molar-refractivity contribution in [1.82, 2.24) is 14.5 Å². The number of ether oxygens (including phenoxy) is 1. The Hall–Kier alpha value is -1.71. The fourth-order valence-corrected chi connectivity index (χ4v) is 6.37. The Kier molecular flexibility index (Phi) is 5.84. The standard InChI is InChI=1S/C19H26N4O3S2/c1-26-16-7-9-17(10-8-16)28(24,25)23-13-11-22(12-14-23)19-21-20-18(27-19)15-5-3-2-4-6-15/h7-10,15H,2-6,11-14H2,1H3. The van der Waals surface area contributed by atoms with Crippen molar-refractivity contribution >= 4 is 26.5 Å². The number of nitrogens with zero attached hydrogens (tertiary/aromatic N) is 4. The highest BCUT2D eigenvalue weighted by atomic mass is 32.2. The Morgan fingerprint density at radius 3 is 2.32 bits per heavy atom. The minimum atomic E-state index is -3.49. The second-order valence-corrected chi connectivity index (χ2v) is 10.2. The largest absolute Gasteiger partial charge is 0.497 e. The Bertz CT molecular complexity index is 884. The van der Waals surface area contributed by atoms with Crippen LogP contribution in [0.1, 0.15) is 43.0 Å². The van der Waals surface area contributed by atoms with Gasteiger partial charge in [0.25, 0.3) is 0 Å². The summed E-state index contributed by atoms with van der Waals surface area (Å²) in [6.45, 7) is 2.17. The van der Waals surface area contributed by atoms with Crippen molar-refractivity contribution in [2.24, 2.45) is 0 Å². The quantitative estimate of drug-likeness (QED) is 0.737. The van der Waals surface area contributed by atoms with Crippen LogP contribution in [0.15, 0.2) is 29.2 Å². The second kappa shape index (κ2) is 8.34. The molecule has 0 N–H and O–H groups in total. The molecule has 0 atom stereocenters. The summed E-state index contributed by atoms with van der Waals surface area (Å²) in [4.78, 5) is 2.46. The minimum absolute atomic E-state index is 0.303. The lowest BCUT2D eigenvalue weighted by atomic mass is 9.90. The van der Waals surface area contributed by atoms with Gasteiger partial charge in [-0.05, 0) is 37.1 Å². The molecule has 0 amide bonds. The maximum absolute atomic E-state index is 12.9. The van der Waals surface area contributed by atoms with Crippen molar-refractivity contribution in [2.45, 2.75) is 42.9 Å². The summed E-state index contributed by atoms with van der Waals surface area (Å²) < 4.78 is 32.4. The number of hydrogen-bond donors (Lipinski definition) is 0. The summed E-state index contributed by atoms with van der Waals surface area (Å²) in [6.07, 6.45) is 6.31. The number of aromatic nitrogens is 2. The lowest BCUT2D eigenvalue weighted by Crippen LogP contribution is -2.48. The van der Waals surface area contributed by atoms with Gasteiger partial charge in [-0.25, -0.2) is 8.42 Å². The molecule has 2 aliphatic rings. The monoisotopic (exact) mass is 422 g/mol. The highest BCUT2D eigenvalue weighted by molar-refractivity contribution is 7.89. The number of methoxy groups -OCH3 is 1. The van der Waals surface area contributed by atoms with Gasteiger partial charge in [-0.3, -0.25) is 0 Å². The van der Waals surface area contributed by atoms with Gasteiger partial charge in [-0.15, -0.1) is 10.2 Å². The van der Waals surface area contributed by atoms with Gasteiger partial charge in [-0.2, -0.15) is 4.31 Å². The zero-order valence-corrected chi connectivity index (χ0v) is 17.7. The molecule has 4 rings (SSSR count). The summed E-state index contributed by atoms with van der Waals surface area (Å²) in [7, 11) is -1.92. The molecule has 0 radical (unpaired) electrons. The smallest absolute Gasteiger partial charge is 0.243 e. The topological polar surface area (TPSA) is 75.6 Å². The number of rotatable bonds is 5. The van der Waals surface area contributed by atoms with Crippen LogP contribution in [0, 0.1) is 0 Å². The molecule has 1 aliphatic heterocycles. The van der Waals surface area contributed by atoms with Crippen LogP contribution in [-0.4, -0.2) is 56.2 Å². The second-order valence-electron chi connectivity index (χ2n) is 7.32. The molecular formula is C19H26N4O3S2. The molecule has 1 aliphatic carbocycles. The molecule has 9 heteroatoms. The van der Waals surface area contributed by atoms with Crippen molar-refractivity contribution in [3.63, 3.8) is 0 Å². The molecule has 7 nitrogen and oxygen atoms in total. The lowest BCUT2D eigenvalue weighted by Gasteiger charge is -2.33. The SMILES string of the molecule is COc1ccc(S(=O)(=O)N2CCN(c3nnc(C4CCCCC4)s3)CC2)cc1. The molecule has 2 heterocycles. The first-order chi connectivity index (χ1) is 13.6. The first-order valence-electron chi connectivity index (χ1n) is 9.80. The highest BCUT2D eigenvalue weighted by Gasteiger charge is 2.30. The summed E-state index contributed by atoms with van der Waals surface area (Å²) in [5.41, 5.74) is 0. The van der Waals surface area contributed by atoms with Gasteiger partial charge < -0.3 is 9.64 Å². The van der Waals surface area contributed by atoms with E-state index in [1.165, 1.54) is 32.1 Å². The molecular weight excluding hydrogens is 396 g/mol. The fraction of sp³-hybridized carbons (Fsp3) is 0.579. The predicted molar refractivity (Wildman–Crippen MR) is 110 cm³/mol. The van der Waals surface area contributed by atoms with E-state index in [-0.39, 0.29) is 0 Å². The van der Waals surface area contributed by atoms with Crippen molar-refractivity contribution in [3.8, 4) is 5.75 Å². The maximum atomic E-state index is 12.9. The fourth-order valence-electron chi connectivity index (χ4n) is 3.89. The van der Waals surface area contributed by atoms with Gasteiger partial charge in [0.15, 0.2) is 0 Å². The van der Waals surface area contributed by atoms with E-state index in [1.54, 1.807) is 47.0 Å². The number of piperazine rings is 1. The van der Waals surface area contributed by atoms with Crippen LogP contribution in [0.3, 0.4) is 0 Å². The van der Waals surface area contributed by atoms with Crippen LogP contribution in [-0.2, 0) is 10.0 Å². The number of benzene rings is 1. The van der Waals surface area contributed by atoms with Crippen molar-refractivity contribution in [1.29, 1.82) is 0 Å². The van der Waals surface area contributed by atoms with Crippen LogP contribution in [0.2, 0.25) is 0 Å². The van der Waals surface area contributed by atoms with Gasteiger partial charge in [0, 0.05) is 32.1 Å². The van der Waals surface area contributed by atoms with E-state index in [0.717, 1.165) is 10.1 Å². The van der Waals surface area contributed by atoms with E-state index in [4.69, 9.17) is 4.74 Å². The zero-order valence-electron chi connectivity index (χ0n) is 16.1. The van der Waals surface area contributed by atoms with E-state index >= 15 is 0 Å². The van der Waals surface area contributed by atoms with E-state index in [2.05, 4.69) is 15.1 Å². The normalized spacial score (nSPS) is 19.7. The van der Waals surface area contributed by atoms with Crippen molar-refractivity contribution in [3.05, 3.63) is 29.3 Å². The van der Waals surface area contributed by atoms with Gasteiger partial charge in [0.05, 0.1) is 12.0 Å². The Morgan fingerprint density at radius 1 is 1.00 bits per heavy atom. The predicted octanol–water partition coefficient (Wildman–Crippen LogP) is 3.11. The van der Waals surface area contributed by atoms with E-state index in [1.807, 2.05) is 0 Å². The van der Waals surface area contributed by atoms with Gasteiger partial charge >= 0.3 is 0 Å². The Morgan fingerprint density at radius 2 is 1.68 bits per heavy atom. The zero-order chi connectivity index (χ0) is 19.6. The van der Waals surface area contributed by atoms with Gasteiger partial charge in [0.1, 0.15) is 10.8 Å². The van der Waals surface area contributed by atoms with Crippen LogP contribution in [0.25, 0.3) is 0 Å². The molecule has 0 spiro atoms. The summed E-state index contributed by atoms with van der Waals surface area (Å²) in [5.74, 6) is 1.20. The van der Waals surface area contributed by atoms with Crippen LogP contribution < -0.4 is 9.64 Å². The van der Waals surface area contributed by atoms with Crippen LogP contribution in [0.4, 0.5) is 5.13 Å². The highest BCUT2D eigenvalue weighted by Crippen LogP contribution is 2.36. The minimum Gasteiger partial charge on any atom is -0.497 e. The van der Waals surface area contributed by atoms with Crippen LogP contribution >= 0.6 is 11.3 Å². The van der Waals surface area contributed by atoms with Gasteiger partial charge in [0.2, 0.25) is 15.2 Å². The maximum Gasteiger partial charge on any atom is 0.243 e. The molecule has 2 aromatic rings. The average Bonchev–Trinajstić information content (AvgIpc) is 3.25. The van der Waals surface area contributed by atoms with Crippen LogP contribution in [0.5, 0.6) is 5.75 Å². The first kappa shape index (κ1) is 19.6. The molecule has 1 saturated heterocycles. The van der Waals surface area contributed by atoms with E-state index in [0.29, 0.717) is 42.7 Å². The number of hydrogen-bond acceptors (Lipinski definition) is 7. The molecule has 0 bridgehead atoms. The molecule has 28 heavy (non-hydrogen) atoms. The first-order valence-corrected chi connectivity index (χ1v) is 12.1. The molecule has 0 unspecified atom stereocenters. The average molecular weight is 423 g/mol. The Balaban J connectivity index is 1.39. The van der Waals surface area contributed by atoms with Crippen molar-refractivity contribution in [2.75, 3.05) is 38.2 Å². The summed E-state index contributed by atoms with van der Waals surface area (Å²) >= 11 is 1.68. The van der Waals surface area contributed by atoms with Gasteiger partial charge in [-0.1, -0.05) is 30.6 Å². The third-order valence-corrected chi connectivity index (χ3v) is 8.65. The molecule has 1 saturated carbocycles. The molecule has 2 fully saturated rings. The summed E-state index contributed by atoms with van der Waals surface area (Å²) in [6, 6.07) is 6.55. The third-order valence-electron chi connectivity index (χ3n) is 5.59. The lowest BCUT2D eigenvalue weighted by molar-refractivity contribution is 0.384. The summed E-state index contributed by atoms with van der Waals surface area (Å²) in [5, 5.41) is 10.9. The van der Waals surface area contributed by atoms with Crippen molar-refractivity contribution < 1.29 is 13.2 Å².